The molecular weight excluding hydrogens is 330 g/mol. The second-order valence-corrected chi connectivity index (χ2v) is 6.08. The van der Waals surface area contributed by atoms with Crippen LogP contribution in [0.1, 0.15) is 25.7 Å². The number of nitrogens with zero attached hydrogens (tertiary/aromatic N) is 1. The highest BCUT2D eigenvalue weighted by Crippen LogP contribution is 2.31. The summed E-state index contributed by atoms with van der Waals surface area (Å²) < 4.78 is 0.672. The lowest BCUT2D eigenvalue weighted by Gasteiger charge is -2.29. The van der Waals surface area contributed by atoms with Crippen molar-refractivity contribution in [2.45, 2.75) is 25.7 Å². The lowest BCUT2D eigenvalue weighted by Crippen LogP contribution is -2.35. The number of nitrogens with two attached hydrogens (primary N) is 1. The average Bonchev–Trinajstić information content (AvgIpc) is 2.43. The van der Waals surface area contributed by atoms with Gasteiger partial charge in [-0.15, -0.1) is 0 Å². The molecule has 19 heavy (non-hydrogen) atoms. The molecule has 0 aromatic carbocycles. The average molecular weight is 347 g/mol. The highest BCUT2D eigenvalue weighted by molar-refractivity contribution is 9.10. The number of amides is 1. The van der Waals surface area contributed by atoms with E-state index in [1.165, 1.54) is 6.42 Å². The van der Waals surface area contributed by atoms with Crippen LogP contribution in [0.15, 0.2) is 16.7 Å². The molecular formula is C13H17BrClN3O. The van der Waals surface area contributed by atoms with Crippen molar-refractivity contribution in [3.05, 3.63) is 21.9 Å². The number of aromatic nitrogens is 1. The molecule has 1 fully saturated rings. The Morgan fingerprint density at radius 1 is 1.53 bits per heavy atom. The van der Waals surface area contributed by atoms with Crippen LogP contribution in [-0.2, 0) is 4.79 Å². The van der Waals surface area contributed by atoms with Crippen LogP contribution >= 0.6 is 27.5 Å². The molecule has 2 unspecified atom stereocenters. The second-order valence-electron chi connectivity index (χ2n) is 4.87. The molecule has 0 spiro atoms. The number of nitrogens with one attached hydrogen (secondary N) is 1. The first kappa shape index (κ1) is 14.8. The van der Waals surface area contributed by atoms with E-state index in [9.17, 15) is 4.79 Å². The summed E-state index contributed by atoms with van der Waals surface area (Å²) in [6.45, 7) is 0.570. The van der Waals surface area contributed by atoms with E-state index in [0.717, 1.165) is 19.3 Å². The number of carbonyl (C=O) groups is 1. The third-order valence-corrected chi connectivity index (χ3v) is 4.75. The van der Waals surface area contributed by atoms with Crippen molar-refractivity contribution in [1.82, 2.24) is 4.98 Å². The zero-order valence-corrected chi connectivity index (χ0v) is 12.9. The summed E-state index contributed by atoms with van der Waals surface area (Å²) in [5.74, 6) is 0.330. The molecule has 0 aliphatic heterocycles. The molecule has 2 atom stereocenters. The van der Waals surface area contributed by atoms with Gasteiger partial charge in [-0.05, 0) is 47.3 Å². The van der Waals surface area contributed by atoms with Crippen molar-refractivity contribution in [3.63, 3.8) is 0 Å². The van der Waals surface area contributed by atoms with Gasteiger partial charge in [0.25, 0.3) is 0 Å². The molecule has 1 heterocycles. The standard InChI is InChI=1S/C13H17BrClN3O/c14-11-5-9(7-17-12(11)15)18-13(19)10-4-2-1-3-8(10)6-16/h5,7-8,10H,1-4,6,16H2,(H,18,19). The van der Waals surface area contributed by atoms with Crippen molar-refractivity contribution in [2.75, 3.05) is 11.9 Å². The van der Waals surface area contributed by atoms with E-state index in [2.05, 4.69) is 26.2 Å². The van der Waals surface area contributed by atoms with E-state index in [4.69, 9.17) is 17.3 Å². The van der Waals surface area contributed by atoms with Gasteiger partial charge in [0, 0.05) is 5.92 Å². The van der Waals surface area contributed by atoms with Gasteiger partial charge in [-0.1, -0.05) is 24.4 Å². The van der Waals surface area contributed by atoms with Crippen molar-refractivity contribution in [1.29, 1.82) is 0 Å². The molecule has 104 valence electrons. The zero-order chi connectivity index (χ0) is 13.8. The minimum absolute atomic E-state index is 0.00760. The Morgan fingerprint density at radius 3 is 2.95 bits per heavy atom. The third-order valence-electron chi connectivity index (χ3n) is 3.61. The Kier molecular flexibility index (Phi) is 5.19. The molecule has 3 N–H and O–H groups in total. The Labute approximate surface area is 126 Å². The number of hydrogen-bond donors (Lipinski definition) is 2. The topological polar surface area (TPSA) is 68.0 Å². The van der Waals surface area contributed by atoms with E-state index in [0.29, 0.717) is 21.9 Å². The lowest BCUT2D eigenvalue weighted by molar-refractivity contribution is -0.122. The molecule has 1 aromatic rings. The van der Waals surface area contributed by atoms with Crippen LogP contribution in [0, 0.1) is 11.8 Å². The van der Waals surface area contributed by atoms with E-state index >= 15 is 0 Å². The monoisotopic (exact) mass is 345 g/mol. The molecule has 0 radical (unpaired) electrons. The number of hydrogen-bond acceptors (Lipinski definition) is 3. The predicted octanol–water partition coefficient (Wildman–Crippen LogP) is 3.20. The number of halogens is 2. The number of rotatable bonds is 3. The van der Waals surface area contributed by atoms with Crippen LogP contribution in [0.3, 0.4) is 0 Å². The summed E-state index contributed by atoms with van der Waals surface area (Å²) in [5, 5.41) is 3.28. The van der Waals surface area contributed by atoms with Gasteiger partial charge in [-0.25, -0.2) is 4.98 Å². The summed E-state index contributed by atoms with van der Waals surface area (Å²) in [4.78, 5) is 16.3. The number of carbonyl (C=O) groups excluding carboxylic acids is 1. The Hall–Kier alpha value is -0.650. The van der Waals surface area contributed by atoms with Gasteiger partial charge in [-0.2, -0.15) is 0 Å². The maximum absolute atomic E-state index is 12.3. The zero-order valence-electron chi connectivity index (χ0n) is 10.5. The van der Waals surface area contributed by atoms with Crippen LogP contribution in [0.25, 0.3) is 0 Å². The molecule has 4 nitrogen and oxygen atoms in total. The highest BCUT2D eigenvalue weighted by Gasteiger charge is 2.29. The van der Waals surface area contributed by atoms with Gasteiger partial charge in [0.15, 0.2) is 0 Å². The summed E-state index contributed by atoms with van der Waals surface area (Å²) in [5.41, 5.74) is 6.41. The maximum atomic E-state index is 12.3. The molecule has 1 aromatic heterocycles. The minimum Gasteiger partial charge on any atom is -0.330 e. The molecule has 1 amide bonds. The predicted molar refractivity (Wildman–Crippen MR) is 80.1 cm³/mol. The van der Waals surface area contributed by atoms with Crippen LogP contribution < -0.4 is 11.1 Å². The van der Waals surface area contributed by atoms with Gasteiger partial charge in [0.05, 0.1) is 16.4 Å². The smallest absolute Gasteiger partial charge is 0.227 e. The second kappa shape index (κ2) is 6.68. The molecule has 0 bridgehead atoms. The maximum Gasteiger partial charge on any atom is 0.227 e. The van der Waals surface area contributed by atoms with Crippen molar-refractivity contribution < 1.29 is 4.79 Å². The van der Waals surface area contributed by atoms with Gasteiger partial charge < -0.3 is 11.1 Å². The van der Waals surface area contributed by atoms with Crippen molar-refractivity contribution in [2.24, 2.45) is 17.6 Å². The van der Waals surface area contributed by atoms with Crippen LogP contribution in [0.4, 0.5) is 5.69 Å². The fraction of sp³-hybridized carbons (Fsp3) is 0.538. The summed E-state index contributed by atoms with van der Waals surface area (Å²) in [6.07, 6.45) is 5.77. The van der Waals surface area contributed by atoms with Crippen molar-refractivity contribution >= 4 is 39.1 Å². The van der Waals surface area contributed by atoms with E-state index in [1.54, 1.807) is 12.3 Å². The van der Waals surface area contributed by atoms with Gasteiger partial charge in [-0.3, -0.25) is 4.79 Å². The first-order valence-electron chi connectivity index (χ1n) is 6.43. The largest absolute Gasteiger partial charge is 0.330 e. The van der Waals surface area contributed by atoms with Gasteiger partial charge in [0.1, 0.15) is 5.15 Å². The summed E-state index contributed by atoms with van der Waals surface area (Å²) in [6, 6.07) is 1.76. The Balaban J connectivity index is 2.05. The molecule has 1 saturated carbocycles. The minimum atomic E-state index is 0.00760. The molecule has 2 rings (SSSR count). The first-order chi connectivity index (χ1) is 9.11. The summed E-state index contributed by atoms with van der Waals surface area (Å²) in [7, 11) is 0. The number of anilines is 1. The highest BCUT2D eigenvalue weighted by atomic mass is 79.9. The Bertz CT molecular complexity index is 469. The molecule has 1 aliphatic rings. The first-order valence-corrected chi connectivity index (χ1v) is 7.61. The van der Waals surface area contributed by atoms with E-state index < -0.39 is 0 Å². The van der Waals surface area contributed by atoms with Crippen molar-refractivity contribution in [3.8, 4) is 0 Å². The third kappa shape index (κ3) is 3.68. The quantitative estimate of drug-likeness (QED) is 0.826. The molecule has 0 saturated heterocycles. The van der Waals surface area contributed by atoms with Crippen LogP contribution in [-0.4, -0.2) is 17.4 Å². The van der Waals surface area contributed by atoms with Crippen LogP contribution in [0.2, 0.25) is 5.15 Å². The number of pyridine rings is 1. The summed E-state index contributed by atoms with van der Waals surface area (Å²) >= 11 is 9.12. The van der Waals surface area contributed by atoms with E-state index in [1.807, 2.05) is 0 Å². The molecule has 6 heteroatoms. The van der Waals surface area contributed by atoms with Gasteiger partial charge in [0.2, 0.25) is 5.91 Å². The Morgan fingerprint density at radius 2 is 2.26 bits per heavy atom. The normalized spacial score (nSPS) is 23.1. The van der Waals surface area contributed by atoms with Gasteiger partial charge >= 0.3 is 0 Å². The lowest BCUT2D eigenvalue weighted by atomic mass is 9.79. The molecule has 1 aliphatic carbocycles. The van der Waals surface area contributed by atoms with E-state index in [-0.39, 0.29) is 17.7 Å². The van der Waals surface area contributed by atoms with Crippen LogP contribution in [0.5, 0.6) is 0 Å². The fourth-order valence-corrected chi connectivity index (χ4v) is 3.01. The fourth-order valence-electron chi connectivity index (χ4n) is 2.56. The SMILES string of the molecule is NCC1CCCCC1C(=O)Nc1cnc(Cl)c(Br)c1.